The Kier molecular flexibility index (Phi) is 5.15. The first-order chi connectivity index (χ1) is 10.5. The third-order valence-corrected chi connectivity index (χ3v) is 3.41. The van der Waals surface area contributed by atoms with E-state index in [0.29, 0.717) is 6.42 Å². The molecule has 0 unspecified atom stereocenters. The second-order valence-electron chi connectivity index (χ2n) is 5.25. The second-order valence-corrected chi connectivity index (χ2v) is 5.25. The van der Waals surface area contributed by atoms with Crippen molar-refractivity contribution < 1.29 is 13.9 Å². The van der Waals surface area contributed by atoms with Gasteiger partial charge in [-0.2, -0.15) is 0 Å². The van der Waals surface area contributed by atoms with E-state index in [2.05, 4.69) is 5.32 Å². The van der Waals surface area contributed by atoms with E-state index in [4.69, 9.17) is 4.74 Å². The fourth-order valence-corrected chi connectivity index (χ4v) is 2.18. The van der Waals surface area contributed by atoms with Crippen LogP contribution in [0.1, 0.15) is 24.5 Å². The monoisotopic (exact) mass is 301 g/mol. The van der Waals surface area contributed by atoms with Crippen molar-refractivity contribution in [3.63, 3.8) is 0 Å². The molecule has 0 heterocycles. The molecule has 0 aliphatic heterocycles. The van der Waals surface area contributed by atoms with E-state index in [1.165, 1.54) is 12.1 Å². The Morgan fingerprint density at radius 2 is 1.95 bits per heavy atom. The number of anilines is 1. The summed E-state index contributed by atoms with van der Waals surface area (Å²) in [4.78, 5) is 12.3. The van der Waals surface area contributed by atoms with Crippen LogP contribution in [0.15, 0.2) is 42.5 Å². The summed E-state index contributed by atoms with van der Waals surface area (Å²) in [6, 6.07) is 11.9. The number of hydrogen-bond donors (Lipinski definition) is 1. The molecule has 22 heavy (non-hydrogen) atoms. The first-order valence-electron chi connectivity index (χ1n) is 7.30. The topological polar surface area (TPSA) is 38.3 Å². The fourth-order valence-electron chi connectivity index (χ4n) is 2.18. The number of carbonyl (C=O) groups excluding carboxylic acids is 1. The highest BCUT2D eigenvalue weighted by Crippen LogP contribution is 2.20. The summed E-state index contributed by atoms with van der Waals surface area (Å²) >= 11 is 0. The van der Waals surface area contributed by atoms with Crippen molar-refractivity contribution in [2.75, 3.05) is 5.32 Å². The van der Waals surface area contributed by atoms with E-state index in [9.17, 15) is 9.18 Å². The molecule has 0 saturated carbocycles. The van der Waals surface area contributed by atoms with Gasteiger partial charge >= 0.3 is 0 Å². The minimum atomic E-state index is -0.738. The smallest absolute Gasteiger partial charge is 0.265 e. The average molecular weight is 301 g/mol. The van der Waals surface area contributed by atoms with Gasteiger partial charge in [-0.05, 0) is 44.0 Å². The van der Waals surface area contributed by atoms with Gasteiger partial charge in [0.1, 0.15) is 0 Å². The molecule has 0 bridgehead atoms. The van der Waals surface area contributed by atoms with Crippen LogP contribution >= 0.6 is 0 Å². The molecule has 2 aromatic rings. The van der Waals surface area contributed by atoms with Crippen LogP contribution in [-0.4, -0.2) is 12.0 Å². The Hall–Kier alpha value is -2.36. The molecule has 1 N–H and O–H groups in total. The molecule has 1 amide bonds. The molecule has 0 radical (unpaired) electrons. The SMILES string of the molecule is CC[C@H](Oc1ccccc1F)C(=O)Nc1ccc(C)cc1C. The van der Waals surface area contributed by atoms with E-state index in [1.807, 2.05) is 39.0 Å². The zero-order valence-corrected chi connectivity index (χ0v) is 13.0. The third kappa shape index (κ3) is 3.85. The Balaban J connectivity index is 2.10. The van der Waals surface area contributed by atoms with Crippen LogP contribution in [0, 0.1) is 19.7 Å². The largest absolute Gasteiger partial charge is 0.478 e. The highest BCUT2D eigenvalue weighted by atomic mass is 19.1. The summed E-state index contributed by atoms with van der Waals surface area (Å²) in [5, 5.41) is 2.84. The zero-order chi connectivity index (χ0) is 16.1. The maximum Gasteiger partial charge on any atom is 0.265 e. The maximum atomic E-state index is 13.6. The summed E-state index contributed by atoms with van der Waals surface area (Å²) in [7, 11) is 0. The summed E-state index contributed by atoms with van der Waals surface area (Å²) in [5.74, 6) is -0.664. The highest BCUT2D eigenvalue weighted by molar-refractivity contribution is 5.95. The van der Waals surface area contributed by atoms with Gasteiger partial charge in [0.05, 0.1) is 0 Å². The first-order valence-corrected chi connectivity index (χ1v) is 7.30. The molecule has 0 aromatic heterocycles. The number of hydrogen-bond acceptors (Lipinski definition) is 2. The van der Waals surface area contributed by atoms with Crippen molar-refractivity contribution >= 4 is 11.6 Å². The Bertz CT molecular complexity index is 670. The van der Waals surface area contributed by atoms with E-state index < -0.39 is 11.9 Å². The molecule has 2 rings (SSSR count). The predicted octanol–water partition coefficient (Wildman–Crippen LogP) is 4.24. The number of ether oxygens (including phenoxy) is 1. The lowest BCUT2D eigenvalue weighted by atomic mass is 10.1. The lowest BCUT2D eigenvalue weighted by molar-refractivity contribution is -0.122. The Morgan fingerprint density at radius 3 is 2.59 bits per heavy atom. The van der Waals surface area contributed by atoms with E-state index in [0.717, 1.165) is 16.8 Å². The van der Waals surface area contributed by atoms with Crippen LogP contribution < -0.4 is 10.1 Å². The highest BCUT2D eigenvalue weighted by Gasteiger charge is 2.20. The summed E-state index contributed by atoms with van der Waals surface area (Å²) < 4.78 is 19.1. The van der Waals surface area contributed by atoms with Gasteiger partial charge in [-0.25, -0.2) is 4.39 Å². The van der Waals surface area contributed by atoms with Crippen molar-refractivity contribution in [1.82, 2.24) is 0 Å². The number of benzene rings is 2. The van der Waals surface area contributed by atoms with Gasteiger partial charge in [-0.1, -0.05) is 36.8 Å². The quantitative estimate of drug-likeness (QED) is 0.897. The summed E-state index contributed by atoms with van der Waals surface area (Å²) in [6.07, 6.45) is -0.289. The zero-order valence-electron chi connectivity index (χ0n) is 13.0. The molecule has 0 fully saturated rings. The lowest BCUT2D eigenvalue weighted by Gasteiger charge is -2.18. The molecule has 0 aliphatic carbocycles. The number of aryl methyl sites for hydroxylation is 2. The first kappa shape index (κ1) is 16.0. The molecular formula is C18H20FNO2. The van der Waals surface area contributed by atoms with Crippen molar-refractivity contribution in [3.8, 4) is 5.75 Å². The minimum absolute atomic E-state index is 0.0881. The molecule has 4 heteroatoms. The van der Waals surface area contributed by atoms with Crippen LogP contribution in [0.5, 0.6) is 5.75 Å². The van der Waals surface area contributed by atoms with Crippen molar-refractivity contribution in [1.29, 1.82) is 0 Å². The molecule has 116 valence electrons. The third-order valence-electron chi connectivity index (χ3n) is 3.41. The van der Waals surface area contributed by atoms with Crippen LogP contribution in [0.2, 0.25) is 0 Å². The summed E-state index contributed by atoms with van der Waals surface area (Å²) in [6.45, 7) is 5.75. The number of nitrogens with one attached hydrogen (secondary N) is 1. The average Bonchev–Trinajstić information content (AvgIpc) is 2.49. The molecule has 0 aliphatic rings. The van der Waals surface area contributed by atoms with Crippen molar-refractivity contribution in [2.24, 2.45) is 0 Å². The van der Waals surface area contributed by atoms with Crippen molar-refractivity contribution in [3.05, 3.63) is 59.4 Å². The molecule has 0 spiro atoms. The van der Waals surface area contributed by atoms with Crippen LogP contribution in [0.25, 0.3) is 0 Å². The fraction of sp³-hybridized carbons (Fsp3) is 0.278. The second kappa shape index (κ2) is 7.07. The summed E-state index contributed by atoms with van der Waals surface area (Å²) in [5.41, 5.74) is 2.85. The van der Waals surface area contributed by atoms with Gasteiger partial charge in [-0.15, -0.1) is 0 Å². The van der Waals surface area contributed by atoms with Crippen LogP contribution in [0.3, 0.4) is 0 Å². The Morgan fingerprint density at radius 1 is 1.23 bits per heavy atom. The minimum Gasteiger partial charge on any atom is -0.478 e. The van der Waals surface area contributed by atoms with Gasteiger partial charge in [0, 0.05) is 5.69 Å². The molecule has 3 nitrogen and oxygen atoms in total. The van der Waals surface area contributed by atoms with Gasteiger partial charge < -0.3 is 10.1 Å². The molecular weight excluding hydrogens is 281 g/mol. The van der Waals surface area contributed by atoms with Gasteiger partial charge in [0.2, 0.25) is 0 Å². The number of rotatable bonds is 5. The van der Waals surface area contributed by atoms with E-state index >= 15 is 0 Å². The number of amides is 1. The molecule has 0 saturated heterocycles. The predicted molar refractivity (Wildman–Crippen MR) is 85.7 cm³/mol. The Labute approximate surface area is 130 Å². The molecule has 1 atom stereocenters. The normalized spacial score (nSPS) is 11.8. The van der Waals surface area contributed by atoms with Crippen molar-refractivity contribution in [2.45, 2.75) is 33.3 Å². The van der Waals surface area contributed by atoms with Crippen LogP contribution in [-0.2, 0) is 4.79 Å². The number of halogens is 1. The van der Waals surface area contributed by atoms with Gasteiger partial charge in [0.25, 0.3) is 5.91 Å². The van der Waals surface area contributed by atoms with E-state index in [-0.39, 0.29) is 11.7 Å². The molecule has 2 aromatic carbocycles. The van der Waals surface area contributed by atoms with Crippen LogP contribution in [0.4, 0.5) is 10.1 Å². The maximum absolute atomic E-state index is 13.6. The lowest BCUT2D eigenvalue weighted by Crippen LogP contribution is -2.32. The van der Waals surface area contributed by atoms with Gasteiger partial charge in [0.15, 0.2) is 17.7 Å². The number of para-hydroxylation sites is 1. The van der Waals surface area contributed by atoms with E-state index in [1.54, 1.807) is 12.1 Å². The van der Waals surface area contributed by atoms with Gasteiger partial charge in [-0.3, -0.25) is 4.79 Å². The standard InChI is InChI=1S/C18H20FNO2/c1-4-16(22-17-8-6-5-7-14(17)19)18(21)20-15-10-9-12(2)11-13(15)3/h5-11,16H,4H2,1-3H3,(H,20,21)/t16-/m0/s1. The number of carbonyl (C=O) groups is 1.